The molecule has 2 aromatic carbocycles. The number of ether oxygens (including phenoxy) is 2. The van der Waals surface area contributed by atoms with Crippen LogP contribution in [0.4, 0.5) is 13.2 Å². The Balaban J connectivity index is 1.40. The third-order valence-corrected chi connectivity index (χ3v) is 5.98. The molecule has 1 N–H and O–H groups in total. The topological polar surface area (TPSA) is 121 Å². The first-order chi connectivity index (χ1) is 18.4. The lowest BCUT2D eigenvalue weighted by atomic mass is 9.90. The number of alkyl halides is 3. The molecule has 1 aliphatic rings. The number of aliphatic hydroxyl groups is 1. The largest absolute Gasteiger partial charge is 0.493 e. The maximum Gasteiger partial charge on any atom is 0.422 e. The molecule has 0 aliphatic carbocycles. The van der Waals surface area contributed by atoms with E-state index in [1.165, 1.54) is 18.2 Å². The number of rotatable bonds is 5. The second-order valence-electron chi connectivity index (χ2n) is 10.1. The first-order valence-corrected chi connectivity index (χ1v) is 12.0. The van der Waals surface area contributed by atoms with E-state index in [1.54, 1.807) is 51.1 Å². The Bertz CT molecular complexity index is 1490. The summed E-state index contributed by atoms with van der Waals surface area (Å²) >= 11 is 0. The van der Waals surface area contributed by atoms with E-state index in [1.807, 2.05) is 0 Å². The fraction of sp³-hybridized carbons (Fsp3) is 0.333. The number of esters is 1. The van der Waals surface area contributed by atoms with Gasteiger partial charge in [0.05, 0.1) is 19.1 Å². The van der Waals surface area contributed by atoms with Crippen LogP contribution < -0.4 is 4.74 Å². The molecule has 5 rings (SSSR count). The molecule has 3 heterocycles. The summed E-state index contributed by atoms with van der Waals surface area (Å²) in [5.74, 6) is -1.85. The van der Waals surface area contributed by atoms with Gasteiger partial charge >= 0.3 is 12.1 Å². The lowest BCUT2D eigenvalue weighted by molar-refractivity contribution is -0.157. The molecule has 0 radical (unpaired) electrons. The lowest BCUT2D eigenvalue weighted by Gasteiger charge is -2.30. The third-order valence-electron chi connectivity index (χ3n) is 5.98. The number of nitrogens with zero attached hydrogens (tertiary/aromatic N) is 3. The van der Waals surface area contributed by atoms with Crippen molar-refractivity contribution in [3.63, 3.8) is 0 Å². The number of aliphatic hydroxyl groups excluding tert-OH is 1. The van der Waals surface area contributed by atoms with E-state index in [9.17, 15) is 23.1 Å². The number of hydrogen-bond donors (Lipinski definition) is 1. The fourth-order valence-corrected chi connectivity index (χ4v) is 4.28. The molecule has 9 nitrogen and oxygen atoms in total. The van der Waals surface area contributed by atoms with Crippen LogP contribution in [0.3, 0.4) is 0 Å². The van der Waals surface area contributed by atoms with E-state index < -0.39 is 52.7 Å². The van der Waals surface area contributed by atoms with Crippen molar-refractivity contribution in [2.45, 2.75) is 45.1 Å². The van der Waals surface area contributed by atoms with Gasteiger partial charge in [-0.1, -0.05) is 52.8 Å². The first kappa shape index (κ1) is 26.4. The number of fused-ring (bicyclic) bond motifs is 1. The van der Waals surface area contributed by atoms with Crippen LogP contribution in [0.1, 0.15) is 44.4 Å². The number of benzene rings is 2. The van der Waals surface area contributed by atoms with Gasteiger partial charge in [0.15, 0.2) is 0 Å². The smallest absolute Gasteiger partial charge is 0.422 e. The lowest BCUT2D eigenvalue weighted by Crippen LogP contribution is -2.31. The quantitative estimate of drug-likeness (QED) is 0.309. The minimum Gasteiger partial charge on any atom is -0.493 e. The highest BCUT2D eigenvalue weighted by Crippen LogP contribution is 2.44. The summed E-state index contributed by atoms with van der Waals surface area (Å²) in [6.07, 6.45) is -5.82. The van der Waals surface area contributed by atoms with Gasteiger partial charge in [-0.05, 0) is 26.8 Å². The van der Waals surface area contributed by atoms with Crippen molar-refractivity contribution in [1.82, 2.24) is 15.3 Å². The SMILES string of the molecule is CC(C)(C)OC(=O)C[C@H]1COc2cc(-c3noc(-c4onc(-c5ccccc5)c4C(F)(F)F)n3)ccc2[C@H]1O. The van der Waals surface area contributed by atoms with Crippen LogP contribution in [0.5, 0.6) is 5.75 Å². The summed E-state index contributed by atoms with van der Waals surface area (Å²) in [6.45, 7) is 5.33. The van der Waals surface area contributed by atoms with Crippen molar-refractivity contribution in [3.05, 3.63) is 59.7 Å². The highest BCUT2D eigenvalue weighted by Gasteiger charge is 2.43. The van der Waals surface area contributed by atoms with Crippen molar-refractivity contribution in [2.75, 3.05) is 6.61 Å². The molecule has 2 atom stereocenters. The van der Waals surface area contributed by atoms with Crippen molar-refractivity contribution in [3.8, 4) is 40.0 Å². The van der Waals surface area contributed by atoms with Gasteiger partial charge in [-0.15, -0.1) is 0 Å². The zero-order valence-electron chi connectivity index (χ0n) is 21.2. The molecule has 0 unspecified atom stereocenters. The van der Waals surface area contributed by atoms with Crippen LogP contribution in [-0.2, 0) is 15.7 Å². The van der Waals surface area contributed by atoms with E-state index >= 15 is 0 Å². The summed E-state index contributed by atoms with van der Waals surface area (Å²) < 4.78 is 63.3. The van der Waals surface area contributed by atoms with Gasteiger partial charge < -0.3 is 23.6 Å². The number of aromatic nitrogens is 3. The van der Waals surface area contributed by atoms with Gasteiger partial charge in [0, 0.05) is 22.6 Å². The van der Waals surface area contributed by atoms with Crippen molar-refractivity contribution in [2.24, 2.45) is 5.92 Å². The van der Waals surface area contributed by atoms with E-state index in [2.05, 4.69) is 15.3 Å². The second kappa shape index (κ2) is 9.84. The monoisotopic (exact) mass is 543 g/mol. The van der Waals surface area contributed by atoms with Crippen LogP contribution in [0.25, 0.3) is 34.3 Å². The molecule has 39 heavy (non-hydrogen) atoms. The number of carbonyl (C=O) groups is 1. The predicted octanol–water partition coefficient (Wildman–Crippen LogP) is 5.85. The van der Waals surface area contributed by atoms with Crippen LogP contribution >= 0.6 is 0 Å². The Kier molecular flexibility index (Phi) is 6.67. The van der Waals surface area contributed by atoms with E-state index in [0.29, 0.717) is 16.9 Å². The number of hydrogen-bond acceptors (Lipinski definition) is 9. The molecular weight excluding hydrogens is 519 g/mol. The Morgan fingerprint density at radius 1 is 1.05 bits per heavy atom. The fourth-order valence-electron chi connectivity index (χ4n) is 4.28. The third kappa shape index (κ3) is 5.51. The average molecular weight is 543 g/mol. The molecule has 4 aromatic rings. The minimum atomic E-state index is -4.80. The molecule has 0 spiro atoms. The standard InChI is InChI=1S/C27H24F3N3O6/c1-26(2,3)37-19(34)12-16-13-36-18-11-15(9-10-17(18)22(16)35)24-31-25(39-33-24)23-20(27(28,29)30)21(32-38-23)14-7-5-4-6-8-14/h4-11,16,22,35H,12-13H2,1-3H3/t16-,22-/m0/s1. The van der Waals surface area contributed by atoms with Crippen molar-refractivity contribution in [1.29, 1.82) is 0 Å². The number of halogens is 3. The van der Waals surface area contributed by atoms with Crippen LogP contribution in [-0.4, -0.2) is 38.6 Å². The van der Waals surface area contributed by atoms with Crippen LogP contribution in [0.15, 0.2) is 57.6 Å². The van der Waals surface area contributed by atoms with Gasteiger partial charge in [0.1, 0.15) is 22.6 Å². The maximum absolute atomic E-state index is 14.0. The molecule has 0 bridgehead atoms. The van der Waals surface area contributed by atoms with Gasteiger partial charge in [0.2, 0.25) is 11.6 Å². The highest BCUT2D eigenvalue weighted by atomic mass is 19.4. The molecule has 204 valence electrons. The zero-order chi connectivity index (χ0) is 27.9. The molecule has 12 heteroatoms. The minimum absolute atomic E-state index is 0.0208. The van der Waals surface area contributed by atoms with Crippen molar-refractivity contribution < 1.29 is 41.6 Å². The maximum atomic E-state index is 14.0. The highest BCUT2D eigenvalue weighted by molar-refractivity contribution is 5.72. The van der Waals surface area contributed by atoms with Crippen LogP contribution in [0, 0.1) is 5.92 Å². The van der Waals surface area contributed by atoms with E-state index in [4.69, 9.17) is 18.5 Å². The predicted molar refractivity (Wildman–Crippen MR) is 130 cm³/mol. The van der Waals surface area contributed by atoms with Gasteiger partial charge in [-0.2, -0.15) is 18.2 Å². The first-order valence-electron chi connectivity index (χ1n) is 12.0. The van der Waals surface area contributed by atoms with Gasteiger partial charge in [-0.25, -0.2) is 0 Å². The van der Waals surface area contributed by atoms with E-state index in [-0.39, 0.29) is 24.4 Å². The molecular formula is C27H24F3N3O6. The second-order valence-corrected chi connectivity index (χ2v) is 10.1. The summed E-state index contributed by atoms with van der Waals surface area (Å²) in [7, 11) is 0. The molecule has 0 fully saturated rings. The van der Waals surface area contributed by atoms with Gasteiger partial charge in [0.25, 0.3) is 5.89 Å². The Labute approximate surface area is 220 Å². The van der Waals surface area contributed by atoms with Crippen molar-refractivity contribution >= 4 is 5.97 Å². The zero-order valence-corrected chi connectivity index (χ0v) is 21.2. The molecule has 0 amide bonds. The normalized spacial score (nSPS) is 17.4. The molecule has 0 saturated carbocycles. The average Bonchev–Trinajstić information content (AvgIpc) is 3.53. The Morgan fingerprint density at radius 2 is 1.79 bits per heavy atom. The summed E-state index contributed by atoms with van der Waals surface area (Å²) in [4.78, 5) is 16.3. The Morgan fingerprint density at radius 3 is 2.49 bits per heavy atom. The van der Waals surface area contributed by atoms with Crippen LogP contribution in [0.2, 0.25) is 0 Å². The number of carbonyl (C=O) groups excluding carboxylic acids is 1. The summed E-state index contributed by atoms with van der Waals surface area (Å²) in [5, 5.41) is 18.2. The Hall–Kier alpha value is -4.19. The van der Waals surface area contributed by atoms with E-state index in [0.717, 1.165) is 0 Å². The molecule has 2 aromatic heterocycles. The molecule has 1 aliphatic heterocycles. The summed E-state index contributed by atoms with van der Waals surface area (Å²) in [6, 6.07) is 12.5. The molecule has 0 saturated heterocycles. The van der Waals surface area contributed by atoms with Gasteiger partial charge in [-0.3, -0.25) is 4.79 Å². The summed E-state index contributed by atoms with van der Waals surface area (Å²) in [5.41, 5.74) is -1.13.